The molecule has 4 nitrogen and oxygen atoms in total. The quantitative estimate of drug-likeness (QED) is 0.897. The molecule has 0 unspecified atom stereocenters. The predicted octanol–water partition coefficient (Wildman–Crippen LogP) is 1.52. The standard InChI is InChI=1S/C12H14F2N4/c1-15-6-5-11-16-17-12(18(11)2)8-3-4-9(13)10(14)7-8/h3-4,7,15H,5-6H2,1-2H3. The lowest BCUT2D eigenvalue weighted by Gasteiger charge is -2.04. The van der Waals surface area contributed by atoms with Gasteiger partial charge in [0, 0.05) is 25.6 Å². The van der Waals surface area contributed by atoms with E-state index in [-0.39, 0.29) is 0 Å². The summed E-state index contributed by atoms with van der Waals surface area (Å²) in [5.74, 6) is -0.423. The van der Waals surface area contributed by atoms with Crippen LogP contribution in [0.25, 0.3) is 11.4 Å². The van der Waals surface area contributed by atoms with E-state index in [2.05, 4.69) is 15.5 Å². The van der Waals surface area contributed by atoms with Gasteiger partial charge < -0.3 is 9.88 Å². The molecule has 1 N–H and O–H groups in total. The molecule has 0 aliphatic carbocycles. The molecule has 2 rings (SSSR count). The molecular weight excluding hydrogens is 238 g/mol. The number of nitrogens with one attached hydrogen (secondary N) is 1. The van der Waals surface area contributed by atoms with Crippen LogP contribution in [0.5, 0.6) is 0 Å². The minimum Gasteiger partial charge on any atom is -0.319 e. The molecule has 0 radical (unpaired) electrons. The van der Waals surface area contributed by atoms with Crippen molar-refractivity contribution in [1.82, 2.24) is 20.1 Å². The molecule has 6 heteroatoms. The topological polar surface area (TPSA) is 42.7 Å². The fraction of sp³-hybridized carbons (Fsp3) is 0.333. The highest BCUT2D eigenvalue weighted by atomic mass is 19.2. The van der Waals surface area contributed by atoms with Crippen molar-refractivity contribution >= 4 is 0 Å². The molecule has 0 bridgehead atoms. The van der Waals surface area contributed by atoms with Crippen molar-refractivity contribution in [2.24, 2.45) is 7.05 Å². The second-order valence-corrected chi connectivity index (χ2v) is 3.98. The maximum Gasteiger partial charge on any atom is 0.163 e. The minimum atomic E-state index is -0.882. The van der Waals surface area contributed by atoms with E-state index < -0.39 is 11.6 Å². The molecule has 1 aromatic heterocycles. The monoisotopic (exact) mass is 252 g/mol. The van der Waals surface area contributed by atoms with E-state index in [1.165, 1.54) is 6.07 Å². The molecule has 0 atom stereocenters. The van der Waals surface area contributed by atoms with Crippen LogP contribution in [0, 0.1) is 11.6 Å². The summed E-state index contributed by atoms with van der Waals surface area (Å²) in [5, 5.41) is 11.1. The smallest absolute Gasteiger partial charge is 0.163 e. The highest BCUT2D eigenvalue weighted by Gasteiger charge is 2.12. The van der Waals surface area contributed by atoms with Crippen LogP contribution in [0.4, 0.5) is 8.78 Å². The van der Waals surface area contributed by atoms with Crippen LogP contribution in [0.3, 0.4) is 0 Å². The summed E-state index contributed by atoms with van der Waals surface area (Å²) in [6, 6.07) is 3.71. The first kappa shape index (κ1) is 12.6. The van der Waals surface area contributed by atoms with Crippen LogP contribution in [0.15, 0.2) is 18.2 Å². The second kappa shape index (κ2) is 5.22. The van der Waals surface area contributed by atoms with E-state index in [1.54, 1.807) is 4.57 Å². The van der Waals surface area contributed by atoms with Gasteiger partial charge in [0.25, 0.3) is 0 Å². The van der Waals surface area contributed by atoms with Gasteiger partial charge in [-0.25, -0.2) is 8.78 Å². The predicted molar refractivity (Wildman–Crippen MR) is 64.0 cm³/mol. The summed E-state index contributed by atoms with van der Waals surface area (Å²) in [6.07, 6.45) is 0.726. The van der Waals surface area contributed by atoms with Crippen LogP contribution in [0.1, 0.15) is 5.82 Å². The van der Waals surface area contributed by atoms with Crippen LogP contribution >= 0.6 is 0 Å². The first-order valence-electron chi connectivity index (χ1n) is 5.61. The fourth-order valence-electron chi connectivity index (χ4n) is 1.70. The highest BCUT2D eigenvalue weighted by Crippen LogP contribution is 2.19. The SMILES string of the molecule is CNCCc1nnc(-c2ccc(F)c(F)c2)n1C. The lowest BCUT2D eigenvalue weighted by molar-refractivity contribution is 0.509. The minimum absolute atomic E-state index is 0.514. The molecular formula is C12H14F2N4. The zero-order valence-electron chi connectivity index (χ0n) is 10.2. The molecule has 0 aliphatic rings. The maximum absolute atomic E-state index is 13.2. The van der Waals surface area contributed by atoms with Crippen LogP contribution in [-0.4, -0.2) is 28.4 Å². The van der Waals surface area contributed by atoms with Gasteiger partial charge in [-0.1, -0.05) is 0 Å². The molecule has 0 spiro atoms. The van der Waals surface area contributed by atoms with Crippen molar-refractivity contribution in [3.8, 4) is 11.4 Å². The van der Waals surface area contributed by atoms with E-state index >= 15 is 0 Å². The van der Waals surface area contributed by atoms with Gasteiger partial charge in [0.05, 0.1) is 0 Å². The van der Waals surface area contributed by atoms with Crippen LogP contribution in [-0.2, 0) is 13.5 Å². The molecule has 0 aliphatic heterocycles. The van der Waals surface area contributed by atoms with Crippen LogP contribution < -0.4 is 5.32 Å². The van der Waals surface area contributed by atoms with Gasteiger partial charge in [-0.2, -0.15) is 0 Å². The molecule has 18 heavy (non-hydrogen) atoms. The van der Waals surface area contributed by atoms with Crippen molar-refractivity contribution in [3.63, 3.8) is 0 Å². The van der Waals surface area contributed by atoms with Crippen molar-refractivity contribution in [2.45, 2.75) is 6.42 Å². The summed E-state index contributed by atoms with van der Waals surface area (Å²) in [5.41, 5.74) is 0.514. The highest BCUT2D eigenvalue weighted by molar-refractivity contribution is 5.55. The van der Waals surface area contributed by atoms with E-state index in [1.807, 2.05) is 14.1 Å². The summed E-state index contributed by atoms with van der Waals surface area (Å²) in [4.78, 5) is 0. The van der Waals surface area contributed by atoms with Gasteiger partial charge in [0.2, 0.25) is 0 Å². The van der Waals surface area contributed by atoms with E-state index in [0.717, 1.165) is 30.9 Å². The van der Waals surface area contributed by atoms with Gasteiger partial charge in [0.15, 0.2) is 17.5 Å². The van der Waals surface area contributed by atoms with Crippen molar-refractivity contribution in [1.29, 1.82) is 0 Å². The number of hydrogen-bond donors (Lipinski definition) is 1. The summed E-state index contributed by atoms with van der Waals surface area (Å²) in [6.45, 7) is 0.782. The number of nitrogens with zero attached hydrogens (tertiary/aromatic N) is 3. The van der Waals surface area contributed by atoms with Gasteiger partial charge >= 0.3 is 0 Å². The van der Waals surface area contributed by atoms with Crippen molar-refractivity contribution in [3.05, 3.63) is 35.7 Å². The molecule has 1 aromatic carbocycles. The first-order chi connectivity index (χ1) is 8.63. The van der Waals surface area contributed by atoms with Crippen molar-refractivity contribution < 1.29 is 8.78 Å². The fourth-order valence-corrected chi connectivity index (χ4v) is 1.70. The van der Waals surface area contributed by atoms with E-state index in [0.29, 0.717) is 11.4 Å². The Morgan fingerprint density at radius 3 is 2.67 bits per heavy atom. The van der Waals surface area contributed by atoms with E-state index in [4.69, 9.17) is 0 Å². The van der Waals surface area contributed by atoms with Gasteiger partial charge in [-0.15, -0.1) is 10.2 Å². The third-order valence-corrected chi connectivity index (χ3v) is 2.74. The largest absolute Gasteiger partial charge is 0.319 e. The summed E-state index contributed by atoms with van der Waals surface area (Å²) >= 11 is 0. The molecule has 0 amide bonds. The molecule has 96 valence electrons. The number of likely N-dealkylation sites (N-methyl/N-ethyl adjacent to an activating group) is 1. The Balaban J connectivity index is 2.33. The van der Waals surface area contributed by atoms with Gasteiger partial charge in [0.1, 0.15) is 5.82 Å². The number of benzene rings is 1. The Hall–Kier alpha value is -1.82. The summed E-state index contributed by atoms with van der Waals surface area (Å²) < 4.78 is 27.8. The van der Waals surface area contributed by atoms with Crippen molar-refractivity contribution in [2.75, 3.05) is 13.6 Å². The van der Waals surface area contributed by atoms with Gasteiger partial charge in [-0.3, -0.25) is 0 Å². The third kappa shape index (κ3) is 2.38. The zero-order chi connectivity index (χ0) is 13.1. The Kier molecular flexibility index (Phi) is 3.66. The Morgan fingerprint density at radius 1 is 1.22 bits per heavy atom. The average Bonchev–Trinajstić information content (AvgIpc) is 2.72. The van der Waals surface area contributed by atoms with Crippen LogP contribution in [0.2, 0.25) is 0 Å². The number of halogens is 2. The molecule has 0 saturated carbocycles. The number of rotatable bonds is 4. The normalized spacial score (nSPS) is 10.9. The second-order valence-electron chi connectivity index (χ2n) is 3.98. The Labute approximate surface area is 104 Å². The lowest BCUT2D eigenvalue weighted by atomic mass is 10.2. The number of hydrogen-bond acceptors (Lipinski definition) is 3. The zero-order valence-corrected chi connectivity index (χ0v) is 10.2. The van der Waals surface area contributed by atoms with Gasteiger partial charge in [-0.05, 0) is 25.2 Å². The number of aromatic nitrogens is 3. The average molecular weight is 252 g/mol. The third-order valence-electron chi connectivity index (χ3n) is 2.74. The first-order valence-corrected chi connectivity index (χ1v) is 5.61. The lowest BCUT2D eigenvalue weighted by Crippen LogP contribution is -2.13. The molecule has 1 heterocycles. The molecule has 0 fully saturated rings. The summed E-state index contributed by atoms with van der Waals surface area (Å²) in [7, 11) is 3.66. The Morgan fingerprint density at radius 2 is 2.00 bits per heavy atom. The molecule has 2 aromatic rings. The molecule has 0 saturated heterocycles. The maximum atomic E-state index is 13.2. The van der Waals surface area contributed by atoms with E-state index in [9.17, 15) is 8.78 Å². The Bertz CT molecular complexity index is 551.